The molecule has 0 spiro atoms. The highest BCUT2D eigenvalue weighted by Gasteiger charge is 2.39. The fourth-order valence-corrected chi connectivity index (χ4v) is 7.66. The summed E-state index contributed by atoms with van der Waals surface area (Å²) in [7, 11) is 4.71. The standard InChI is InChI=1S/C11H27NO3Si.C8H21NO3Si.C2H9NO3Si/c1-6-13-16(14-7-2,15-8-3)11-9-10-12(4)5;1-9(2)7-6-8-13(10-3,11-4)12-5;3-1-2-7(4,5)6/h6-11H2,1-5H3;6-8H2,1-5H3;4-6H,1-3H2. The van der Waals surface area contributed by atoms with E-state index in [0.29, 0.717) is 19.8 Å². The van der Waals surface area contributed by atoms with Crippen LogP contribution in [0.4, 0.5) is 0 Å². The zero-order valence-electron chi connectivity index (χ0n) is 24.5. The lowest BCUT2D eigenvalue weighted by Gasteiger charge is -2.28. The second-order valence-electron chi connectivity index (χ2n) is 8.40. The third-order valence-electron chi connectivity index (χ3n) is 4.68. The highest BCUT2D eigenvalue weighted by atomic mass is 28.4. The molecule has 0 aromatic carbocycles. The Kier molecular flexibility index (Phi) is 27.4. The molecule has 0 radical (unpaired) electrons. The molecular weight excluding hydrogens is 523 g/mol. The Morgan fingerprint density at radius 3 is 1.14 bits per heavy atom. The molecule has 0 rings (SSSR count). The van der Waals surface area contributed by atoms with E-state index >= 15 is 0 Å². The van der Waals surface area contributed by atoms with Crippen LogP contribution in [-0.2, 0) is 26.6 Å². The molecule has 0 saturated carbocycles. The third-order valence-corrected chi connectivity index (χ3v) is 11.6. The van der Waals surface area contributed by atoms with Gasteiger partial charge >= 0.3 is 26.4 Å². The average molecular weight is 580 g/mol. The van der Waals surface area contributed by atoms with Gasteiger partial charge in [-0.05, 0) is 81.4 Å². The first-order valence-corrected chi connectivity index (χ1v) is 18.4. The maximum Gasteiger partial charge on any atom is 0.500 e. The minimum Gasteiger partial charge on any atom is -0.390 e. The van der Waals surface area contributed by atoms with Crippen molar-refractivity contribution in [1.82, 2.24) is 9.80 Å². The van der Waals surface area contributed by atoms with Gasteiger partial charge in [0.25, 0.3) is 0 Å². The van der Waals surface area contributed by atoms with Crippen LogP contribution in [0.1, 0.15) is 33.6 Å². The van der Waals surface area contributed by atoms with Crippen LogP contribution < -0.4 is 5.73 Å². The summed E-state index contributed by atoms with van der Waals surface area (Å²) >= 11 is 0. The van der Waals surface area contributed by atoms with E-state index < -0.39 is 26.4 Å². The van der Waals surface area contributed by atoms with E-state index in [1.54, 1.807) is 21.3 Å². The molecule has 0 atom stereocenters. The lowest BCUT2D eigenvalue weighted by Crippen LogP contribution is -2.46. The van der Waals surface area contributed by atoms with Crippen molar-refractivity contribution in [3.63, 3.8) is 0 Å². The van der Waals surface area contributed by atoms with Crippen LogP contribution >= 0.6 is 0 Å². The van der Waals surface area contributed by atoms with Gasteiger partial charge in [-0.3, -0.25) is 0 Å². The summed E-state index contributed by atoms with van der Waals surface area (Å²) in [4.78, 5) is 28.9. The van der Waals surface area contributed by atoms with Crippen molar-refractivity contribution >= 4 is 26.4 Å². The second-order valence-corrected chi connectivity index (χ2v) is 16.3. The molecule has 0 aromatic heterocycles. The first kappa shape index (κ1) is 40.7. The van der Waals surface area contributed by atoms with Gasteiger partial charge in [0.15, 0.2) is 0 Å². The van der Waals surface area contributed by atoms with E-state index in [-0.39, 0.29) is 12.6 Å². The SMILES string of the molecule is CCO[Si](CCCN(C)C)(OCC)OCC.CO[Si](CCCN(C)C)(OC)OC.NCC[Si](O)(O)O. The quantitative estimate of drug-likeness (QED) is 0.159. The summed E-state index contributed by atoms with van der Waals surface area (Å²) < 4.78 is 33.2. The predicted octanol–water partition coefficient (Wildman–Crippen LogP) is 0.664. The molecule has 12 nitrogen and oxygen atoms in total. The molecule has 0 bridgehead atoms. The monoisotopic (exact) mass is 579 g/mol. The molecular formula is C21H57N3O9Si3. The van der Waals surface area contributed by atoms with Crippen molar-refractivity contribution in [2.24, 2.45) is 5.73 Å². The molecule has 36 heavy (non-hydrogen) atoms. The zero-order chi connectivity index (χ0) is 28.7. The van der Waals surface area contributed by atoms with Gasteiger partial charge in [-0.15, -0.1) is 0 Å². The fourth-order valence-electron chi connectivity index (χ4n) is 2.97. The van der Waals surface area contributed by atoms with Gasteiger partial charge < -0.3 is 56.5 Å². The van der Waals surface area contributed by atoms with Gasteiger partial charge in [0.05, 0.1) is 0 Å². The van der Waals surface area contributed by atoms with E-state index in [4.69, 9.17) is 46.7 Å². The Balaban J connectivity index is -0.000000488. The van der Waals surface area contributed by atoms with Gasteiger partial charge in [0, 0.05) is 59.3 Å². The molecule has 0 aliphatic rings. The molecule has 15 heteroatoms. The molecule has 0 heterocycles. The van der Waals surface area contributed by atoms with Crippen molar-refractivity contribution in [3.8, 4) is 0 Å². The molecule has 0 aliphatic heterocycles. The normalized spacial score (nSPS) is 12.3. The van der Waals surface area contributed by atoms with Gasteiger partial charge in [-0.1, -0.05) is 0 Å². The zero-order valence-corrected chi connectivity index (χ0v) is 27.5. The van der Waals surface area contributed by atoms with E-state index in [9.17, 15) is 0 Å². The van der Waals surface area contributed by atoms with Crippen LogP contribution in [0.5, 0.6) is 0 Å². The Bertz CT molecular complexity index is 448. The largest absolute Gasteiger partial charge is 0.500 e. The maximum absolute atomic E-state index is 8.19. The molecule has 0 fully saturated rings. The number of nitrogens with zero attached hydrogens (tertiary/aromatic N) is 2. The first-order chi connectivity index (χ1) is 16.8. The van der Waals surface area contributed by atoms with Crippen LogP contribution in [0.3, 0.4) is 0 Å². The summed E-state index contributed by atoms with van der Waals surface area (Å²) in [5, 5.41) is 0. The topological polar surface area (TPSA) is 149 Å². The molecule has 222 valence electrons. The van der Waals surface area contributed by atoms with Crippen LogP contribution in [-0.4, -0.2) is 140 Å². The van der Waals surface area contributed by atoms with E-state index in [1.807, 2.05) is 20.8 Å². The first-order valence-electron chi connectivity index (χ1n) is 12.5. The van der Waals surface area contributed by atoms with Crippen molar-refractivity contribution in [2.75, 3.05) is 89.0 Å². The summed E-state index contributed by atoms with van der Waals surface area (Å²) in [6.07, 6.45) is 2.09. The van der Waals surface area contributed by atoms with Gasteiger partial charge in [-0.25, -0.2) is 0 Å². The minimum atomic E-state index is -3.78. The predicted molar refractivity (Wildman–Crippen MR) is 150 cm³/mol. The van der Waals surface area contributed by atoms with Crippen LogP contribution in [0.15, 0.2) is 0 Å². The smallest absolute Gasteiger partial charge is 0.390 e. The third kappa shape index (κ3) is 24.5. The Morgan fingerprint density at radius 2 is 0.944 bits per heavy atom. The van der Waals surface area contributed by atoms with Crippen LogP contribution in [0.25, 0.3) is 0 Å². The summed E-state index contributed by atoms with van der Waals surface area (Å²) in [6.45, 7) is 10.2. The molecule has 0 amide bonds. The highest BCUT2D eigenvalue weighted by molar-refractivity contribution is 6.61. The van der Waals surface area contributed by atoms with Crippen molar-refractivity contribution in [3.05, 3.63) is 0 Å². The fraction of sp³-hybridized carbons (Fsp3) is 1.00. The maximum atomic E-state index is 8.19. The molecule has 0 unspecified atom stereocenters. The molecule has 0 aliphatic carbocycles. The highest BCUT2D eigenvalue weighted by Crippen LogP contribution is 2.18. The lowest BCUT2D eigenvalue weighted by molar-refractivity contribution is 0.0703. The number of hydrogen-bond acceptors (Lipinski definition) is 12. The van der Waals surface area contributed by atoms with Crippen LogP contribution in [0, 0.1) is 0 Å². The molecule has 0 aromatic rings. The average Bonchev–Trinajstić information content (AvgIpc) is 2.77. The lowest BCUT2D eigenvalue weighted by atomic mass is 10.5. The summed E-state index contributed by atoms with van der Waals surface area (Å²) in [6, 6.07) is 1.70. The number of rotatable bonds is 19. The van der Waals surface area contributed by atoms with Crippen molar-refractivity contribution < 1.29 is 40.9 Å². The Morgan fingerprint density at radius 1 is 0.611 bits per heavy atom. The van der Waals surface area contributed by atoms with Gasteiger partial charge in [0.2, 0.25) is 0 Å². The van der Waals surface area contributed by atoms with Crippen molar-refractivity contribution in [2.45, 2.75) is 51.7 Å². The van der Waals surface area contributed by atoms with Crippen LogP contribution in [0.2, 0.25) is 18.1 Å². The van der Waals surface area contributed by atoms with Gasteiger partial charge in [-0.2, -0.15) is 0 Å². The second kappa shape index (κ2) is 24.2. The number of nitrogens with two attached hydrogens (primary N) is 1. The van der Waals surface area contributed by atoms with E-state index in [0.717, 1.165) is 38.0 Å². The molecule has 0 saturated heterocycles. The van der Waals surface area contributed by atoms with E-state index in [1.165, 1.54) is 0 Å². The minimum absolute atomic E-state index is 0.0764. The Hall–Kier alpha value is 0.171. The van der Waals surface area contributed by atoms with Gasteiger partial charge in [0.1, 0.15) is 0 Å². The number of hydrogen-bond donors (Lipinski definition) is 4. The van der Waals surface area contributed by atoms with Crippen molar-refractivity contribution in [1.29, 1.82) is 0 Å². The summed E-state index contributed by atoms with van der Waals surface area (Å²) in [5.74, 6) is 0. The Labute approximate surface area is 223 Å². The van der Waals surface area contributed by atoms with E-state index in [2.05, 4.69) is 38.0 Å². The molecule has 5 N–H and O–H groups in total. The summed E-state index contributed by atoms with van der Waals surface area (Å²) in [5.41, 5.74) is 4.87.